The zero-order chi connectivity index (χ0) is 11.7. The molecule has 0 amide bonds. The molecule has 3 heteroatoms. The van der Waals surface area contributed by atoms with Gasteiger partial charge in [-0.05, 0) is 31.9 Å². The van der Waals surface area contributed by atoms with Gasteiger partial charge >= 0.3 is 0 Å². The van der Waals surface area contributed by atoms with Crippen LogP contribution in [0.2, 0.25) is 0 Å². The fraction of sp³-hybridized carbons (Fsp3) is 1.00. The first-order chi connectivity index (χ1) is 7.15. The molecular formula is C12H27NOS. The van der Waals surface area contributed by atoms with Crippen LogP contribution < -0.4 is 0 Å². The smallest absolute Gasteiger partial charge is 0.0589 e. The second kappa shape index (κ2) is 9.49. The van der Waals surface area contributed by atoms with Crippen LogP contribution in [0, 0.1) is 5.92 Å². The molecule has 0 rings (SSSR count). The molecule has 0 fully saturated rings. The summed E-state index contributed by atoms with van der Waals surface area (Å²) in [6, 6.07) is 0.597. The van der Waals surface area contributed by atoms with Gasteiger partial charge in [-0.2, -0.15) is 12.6 Å². The van der Waals surface area contributed by atoms with Gasteiger partial charge in [0, 0.05) is 26.2 Å². The highest BCUT2D eigenvalue weighted by Gasteiger charge is 2.14. The Balaban J connectivity index is 4.00. The molecule has 0 N–H and O–H groups in total. The lowest BCUT2D eigenvalue weighted by molar-refractivity contribution is 0.118. The predicted molar refractivity (Wildman–Crippen MR) is 70.8 cm³/mol. The molecule has 0 aliphatic heterocycles. The Kier molecular flexibility index (Phi) is 9.66. The lowest BCUT2D eigenvalue weighted by Crippen LogP contribution is -2.38. The Hall–Kier alpha value is 0.270. The summed E-state index contributed by atoms with van der Waals surface area (Å²) in [5, 5.41) is 0. The molecule has 0 aromatic rings. The standard InChI is InChI=1S/C12H27NOS/c1-5-6-12(10-15)9-13(11(2)3)7-8-14-4/h11-12,15H,5-10H2,1-4H3. The summed E-state index contributed by atoms with van der Waals surface area (Å²) in [7, 11) is 1.76. The Morgan fingerprint density at radius 3 is 2.40 bits per heavy atom. The highest BCUT2D eigenvalue weighted by molar-refractivity contribution is 7.80. The first-order valence-corrected chi connectivity index (χ1v) is 6.62. The van der Waals surface area contributed by atoms with E-state index in [2.05, 4.69) is 38.3 Å². The van der Waals surface area contributed by atoms with E-state index in [1.165, 1.54) is 12.8 Å². The molecule has 0 aromatic heterocycles. The van der Waals surface area contributed by atoms with E-state index in [0.717, 1.165) is 31.4 Å². The molecular weight excluding hydrogens is 206 g/mol. The molecule has 15 heavy (non-hydrogen) atoms. The first-order valence-electron chi connectivity index (χ1n) is 5.99. The van der Waals surface area contributed by atoms with Crippen molar-refractivity contribution in [3.8, 4) is 0 Å². The minimum absolute atomic E-state index is 0.597. The van der Waals surface area contributed by atoms with Crippen LogP contribution in [0.1, 0.15) is 33.6 Å². The molecule has 0 bridgehead atoms. The van der Waals surface area contributed by atoms with Crippen LogP contribution >= 0.6 is 12.6 Å². The summed E-state index contributed by atoms with van der Waals surface area (Å²) in [4.78, 5) is 2.49. The summed E-state index contributed by atoms with van der Waals surface area (Å²) >= 11 is 4.43. The highest BCUT2D eigenvalue weighted by atomic mass is 32.1. The van der Waals surface area contributed by atoms with Crippen molar-refractivity contribution < 1.29 is 4.74 Å². The molecule has 1 unspecified atom stereocenters. The zero-order valence-corrected chi connectivity index (χ0v) is 11.6. The summed E-state index contributed by atoms with van der Waals surface area (Å²) in [6.45, 7) is 9.74. The Morgan fingerprint density at radius 2 is 2.00 bits per heavy atom. The number of ether oxygens (including phenoxy) is 1. The molecule has 1 atom stereocenters. The average molecular weight is 233 g/mol. The number of thiol groups is 1. The molecule has 0 aromatic carbocycles. The minimum Gasteiger partial charge on any atom is -0.383 e. The molecule has 0 heterocycles. The number of rotatable bonds is 9. The van der Waals surface area contributed by atoms with Crippen LogP contribution in [0.3, 0.4) is 0 Å². The fourth-order valence-electron chi connectivity index (χ4n) is 1.75. The number of hydrogen-bond acceptors (Lipinski definition) is 3. The Bertz CT molecular complexity index is 142. The van der Waals surface area contributed by atoms with Crippen molar-refractivity contribution in [2.45, 2.75) is 39.7 Å². The van der Waals surface area contributed by atoms with Crippen LogP contribution in [0.4, 0.5) is 0 Å². The van der Waals surface area contributed by atoms with Gasteiger partial charge in [0.05, 0.1) is 6.61 Å². The van der Waals surface area contributed by atoms with E-state index in [4.69, 9.17) is 4.74 Å². The van der Waals surface area contributed by atoms with Gasteiger partial charge in [0.25, 0.3) is 0 Å². The SMILES string of the molecule is CCCC(CS)CN(CCOC)C(C)C. The third kappa shape index (κ3) is 7.20. The van der Waals surface area contributed by atoms with Crippen LogP contribution in [-0.2, 0) is 4.74 Å². The van der Waals surface area contributed by atoms with Crippen molar-refractivity contribution in [2.75, 3.05) is 32.6 Å². The summed E-state index contributed by atoms with van der Waals surface area (Å²) < 4.78 is 5.14. The first kappa shape index (κ1) is 15.3. The second-order valence-electron chi connectivity index (χ2n) is 4.42. The largest absolute Gasteiger partial charge is 0.383 e. The maximum atomic E-state index is 5.14. The van der Waals surface area contributed by atoms with E-state index >= 15 is 0 Å². The van der Waals surface area contributed by atoms with Crippen molar-refractivity contribution in [1.29, 1.82) is 0 Å². The normalized spacial score (nSPS) is 13.8. The van der Waals surface area contributed by atoms with Crippen molar-refractivity contribution in [3.05, 3.63) is 0 Å². The minimum atomic E-state index is 0.597. The second-order valence-corrected chi connectivity index (χ2v) is 4.78. The quantitative estimate of drug-likeness (QED) is 0.615. The van der Waals surface area contributed by atoms with Gasteiger partial charge in [0.15, 0.2) is 0 Å². The van der Waals surface area contributed by atoms with Gasteiger partial charge < -0.3 is 4.74 Å². The number of nitrogens with zero attached hydrogens (tertiary/aromatic N) is 1. The van der Waals surface area contributed by atoms with Crippen molar-refractivity contribution in [3.63, 3.8) is 0 Å². The molecule has 2 nitrogen and oxygen atoms in total. The molecule has 0 saturated heterocycles. The van der Waals surface area contributed by atoms with Crippen molar-refractivity contribution in [1.82, 2.24) is 4.90 Å². The Labute approximate surface area is 101 Å². The van der Waals surface area contributed by atoms with E-state index in [-0.39, 0.29) is 0 Å². The third-order valence-electron chi connectivity index (χ3n) is 2.76. The zero-order valence-electron chi connectivity index (χ0n) is 10.7. The van der Waals surface area contributed by atoms with Crippen molar-refractivity contribution >= 4 is 12.6 Å². The Morgan fingerprint density at radius 1 is 1.33 bits per heavy atom. The monoisotopic (exact) mass is 233 g/mol. The molecule has 0 radical (unpaired) electrons. The van der Waals surface area contributed by atoms with E-state index in [9.17, 15) is 0 Å². The molecule has 0 spiro atoms. The third-order valence-corrected chi connectivity index (χ3v) is 3.28. The van der Waals surface area contributed by atoms with Gasteiger partial charge in [0.2, 0.25) is 0 Å². The number of hydrogen-bond donors (Lipinski definition) is 1. The lowest BCUT2D eigenvalue weighted by Gasteiger charge is -2.29. The molecule has 92 valence electrons. The van der Waals surface area contributed by atoms with Crippen LogP contribution in [0.25, 0.3) is 0 Å². The molecule has 0 aliphatic rings. The van der Waals surface area contributed by atoms with Crippen LogP contribution in [0.15, 0.2) is 0 Å². The van der Waals surface area contributed by atoms with Gasteiger partial charge in [-0.25, -0.2) is 0 Å². The summed E-state index contributed by atoms with van der Waals surface area (Å²) in [6.07, 6.45) is 2.53. The van der Waals surface area contributed by atoms with Crippen molar-refractivity contribution in [2.24, 2.45) is 5.92 Å². The lowest BCUT2D eigenvalue weighted by atomic mass is 10.0. The van der Waals surface area contributed by atoms with Gasteiger partial charge in [0.1, 0.15) is 0 Å². The molecule has 0 saturated carbocycles. The van der Waals surface area contributed by atoms with E-state index < -0.39 is 0 Å². The summed E-state index contributed by atoms with van der Waals surface area (Å²) in [5.74, 6) is 1.71. The summed E-state index contributed by atoms with van der Waals surface area (Å²) in [5.41, 5.74) is 0. The predicted octanol–water partition coefficient (Wildman–Crippen LogP) is 2.69. The fourth-order valence-corrected chi connectivity index (χ4v) is 2.05. The van der Waals surface area contributed by atoms with Gasteiger partial charge in [-0.3, -0.25) is 4.90 Å². The maximum Gasteiger partial charge on any atom is 0.0589 e. The van der Waals surface area contributed by atoms with E-state index in [1.807, 2.05) is 0 Å². The highest BCUT2D eigenvalue weighted by Crippen LogP contribution is 2.12. The van der Waals surface area contributed by atoms with Gasteiger partial charge in [-0.1, -0.05) is 13.3 Å². The van der Waals surface area contributed by atoms with Gasteiger partial charge in [-0.15, -0.1) is 0 Å². The average Bonchev–Trinajstić information content (AvgIpc) is 2.22. The number of methoxy groups -OCH3 is 1. The van der Waals surface area contributed by atoms with E-state index in [1.54, 1.807) is 7.11 Å². The van der Waals surface area contributed by atoms with Crippen LogP contribution in [-0.4, -0.2) is 43.5 Å². The molecule has 0 aliphatic carbocycles. The topological polar surface area (TPSA) is 12.5 Å². The van der Waals surface area contributed by atoms with E-state index in [0.29, 0.717) is 6.04 Å². The van der Waals surface area contributed by atoms with Crippen LogP contribution in [0.5, 0.6) is 0 Å². The maximum absolute atomic E-state index is 5.14.